The Morgan fingerprint density at radius 3 is 2.71 bits per heavy atom. The van der Waals surface area contributed by atoms with Crippen LogP contribution in [0.3, 0.4) is 0 Å². The molecule has 0 spiro atoms. The number of nitrogens with zero attached hydrogens (tertiary/aromatic N) is 1. The summed E-state index contributed by atoms with van der Waals surface area (Å²) in [5, 5.41) is 9.14. The maximum atomic E-state index is 11.6. The van der Waals surface area contributed by atoms with E-state index >= 15 is 0 Å². The van der Waals surface area contributed by atoms with Crippen molar-refractivity contribution in [2.75, 3.05) is 6.54 Å². The van der Waals surface area contributed by atoms with Crippen molar-refractivity contribution in [1.82, 2.24) is 16.1 Å². The molecule has 2 aliphatic rings. The van der Waals surface area contributed by atoms with Crippen LogP contribution >= 0.6 is 0 Å². The summed E-state index contributed by atoms with van der Waals surface area (Å²) in [5.74, 6) is -0.442. The molecule has 2 aliphatic heterocycles. The Kier molecular flexibility index (Phi) is 3.36. The molecule has 92 valence electrons. The predicted octanol–water partition coefficient (Wildman–Crippen LogP) is -1.35. The summed E-state index contributed by atoms with van der Waals surface area (Å²) >= 11 is 0. The van der Waals surface area contributed by atoms with Crippen LogP contribution in [0.5, 0.6) is 0 Å². The lowest BCUT2D eigenvalue weighted by Crippen LogP contribution is -2.42. The SMILES string of the molecule is O=C1CCC(C(=O)NCC2CCC(=O)N2)=NN1. The molecule has 1 fully saturated rings. The van der Waals surface area contributed by atoms with Crippen molar-refractivity contribution in [3.8, 4) is 0 Å². The van der Waals surface area contributed by atoms with Gasteiger partial charge in [-0.25, -0.2) is 5.43 Å². The molecule has 0 aromatic heterocycles. The smallest absolute Gasteiger partial charge is 0.267 e. The fraction of sp³-hybridized carbons (Fsp3) is 0.600. The molecular weight excluding hydrogens is 224 g/mol. The first-order valence-electron chi connectivity index (χ1n) is 5.58. The molecule has 0 bridgehead atoms. The van der Waals surface area contributed by atoms with Gasteiger partial charge >= 0.3 is 0 Å². The largest absolute Gasteiger partial charge is 0.352 e. The molecule has 7 nitrogen and oxygen atoms in total. The van der Waals surface area contributed by atoms with Crippen LogP contribution in [0.25, 0.3) is 0 Å². The lowest BCUT2D eigenvalue weighted by Gasteiger charge is -2.14. The van der Waals surface area contributed by atoms with E-state index in [0.717, 1.165) is 6.42 Å². The minimum Gasteiger partial charge on any atom is -0.352 e. The second kappa shape index (κ2) is 4.94. The topological polar surface area (TPSA) is 99.7 Å². The van der Waals surface area contributed by atoms with E-state index in [0.29, 0.717) is 25.1 Å². The summed E-state index contributed by atoms with van der Waals surface area (Å²) < 4.78 is 0. The number of rotatable bonds is 3. The number of hydrogen-bond donors (Lipinski definition) is 3. The van der Waals surface area contributed by atoms with Gasteiger partial charge in [0.2, 0.25) is 11.8 Å². The maximum absolute atomic E-state index is 11.6. The highest BCUT2D eigenvalue weighted by molar-refractivity contribution is 6.39. The summed E-state index contributed by atoms with van der Waals surface area (Å²) in [6.07, 6.45) is 1.89. The van der Waals surface area contributed by atoms with Gasteiger partial charge in [-0.05, 0) is 6.42 Å². The van der Waals surface area contributed by atoms with E-state index in [9.17, 15) is 14.4 Å². The number of hydrogen-bond acceptors (Lipinski definition) is 4. The van der Waals surface area contributed by atoms with Crippen molar-refractivity contribution >= 4 is 23.4 Å². The third kappa shape index (κ3) is 3.02. The Labute approximate surface area is 98.0 Å². The number of hydrazone groups is 1. The van der Waals surface area contributed by atoms with E-state index in [1.165, 1.54) is 0 Å². The molecule has 3 N–H and O–H groups in total. The molecule has 2 rings (SSSR count). The standard InChI is InChI=1S/C10H14N4O3/c15-8-3-1-6(12-8)5-11-10(17)7-2-4-9(16)14-13-7/h6H,1-5H2,(H,11,17)(H,12,15)(H,14,16). The van der Waals surface area contributed by atoms with E-state index in [4.69, 9.17) is 0 Å². The minimum atomic E-state index is -0.286. The van der Waals surface area contributed by atoms with Gasteiger partial charge in [-0.1, -0.05) is 0 Å². The number of amides is 3. The van der Waals surface area contributed by atoms with Crippen LogP contribution in [0.1, 0.15) is 25.7 Å². The Balaban J connectivity index is 1.77. The average Bonchev–Trinajstić information content (AvgIpc) is 2.73. The van der Waals surface area contributed by atoms with Gasteiger partial charge < -0.3 is 10.6 Å². The van der Waals surface area contributed by atoms with Gasteiger partial charge in [0.25, 0.3) is 5.91 Å². The van der Waals surface area contributed by atoms with Gasteiger partial charge in [-0.15, -0.1) is 0 Å². The van der Waals surface area contributed by atoms with Gasteiger partial charge in [0.15, 0.2) is 0 Å². The van der Waals surface area contributed by atoms with E-state index in [1.807, 2.05) is 0 Å². The van der Waals surface area contributed by atoms with Gasteiger partial charge in [0.05, 0.1) is 0 Å². The summed E-state index contributed by atoms with van der Waals surface area (Å²) in [4.78, 5) is 33.4. The molecule has 0 aliphatic carbocycles. The van der Waals surface area contributed by atoms with Crippen molar-refractivity contribution in [1.29, 1.82) is 0 Å². The molecule has 0 aromatic rings. The van der Waals surface area contributed by atoms with E-state index in [-0.39, 0.29) is 30.2 Å². The second-order valence-electron chi connectivity index (χ2n) is 4.11. The number of carbonyl (C=O) groups is 3. The van der Waals surface area contributed by atoms with Crippen LogP contribution in [0.15, 0.2) is 5.10 Å². The zero-order chi connectivity index (χ0) is 12.3. The van der Waals surface area contributed by atoms with Crippen LogP contribution in [0, 0.1) is 0 Å². The molecule has 7 heteroatoms. The van der Waals surface area contributed by atoms with Crippen molar-refractivity contribution in [2.24, 2.45) is 5.10 Å². The van der Waals surface area contributed by atoms with Gasteiger partial charge in [0, 0.05) is 31.8 Å². The van der Waals surface area contributed by atoms with Crippen molar-refractivity contribution in [3.05, 3.63) is 0 Å². The maximum Gasteiger partial charge on any atom is 0.267 e. The number of nitrogens with one attached hydrogen (secondary N) is 3. The van der Waals surface area contributed by atoms with Crippen LogP contribution < -0.4 is 16.1 Å². The molecule has 1 unspecified atom stereocenters. The number of carbonyl (C=O) groups excluding carboxylic acids is 3. The molecule has 0 radical (unpaired) electrons. The lowest BCUT2D eigenvalue weighted by atomic mass is 10.1. The summed E-state index contributed by atoms with van der Waals surface area (Å²) in [6, 6.07) is 0.00484. The normalized spacial score (nSPS) is 23.8. The Morgan fingerprint density at radius 2 is 2.12 bits per heavy atom. The van der Waals surface area contributed by atoms with Gasteiger partial charge in [0.1, 0.15) is 5.71 Å². The monoisotopic (exact) mass is 238 g/mol. The highest BCUT2D eigenvalue weighted by Crippen LogP contribution is 2.05. The van der Waals surface area contributed by atoms with Crippen LogP contribution in [0.2, 0.25) is 0 Å². The first-order valence-corrected chi connectivity index (χ1v) is 5.58. The fourth-order valence-electron chi connectivity index (χ4n) is 1.79. The molecule has 0 aromatic carbocycles. The summed E-state index contributed by atoms with van der Waals surface area (Å²) in [6.45, 7) is 0.400. The molecule has 2 heterocycles. The van der Waals surface area contributed by atoms with Gasteiger partial charge in [-0.2, -0.15) is 5.10 Å². The van der Waals surface area contributed by atoms with E-state index in [1.54, 1.807) is 0 Å². The predicted molar refractivity (Wildman–Crippen MR) is 59.0 cm³/mol. The average molecular weight is 238 g/mol. The quantitative estimate of drug-likeness (QED) is 0.566. The molecule has 3 amide bonds. The Morgan fingerprint density at radius 1 is 1.29 bits per heavy atom. The lowest BCUT2D eigenvalue weighted by molar-refractivity contribution is -0.121. The Hall–Kier alpha value is -1.92. The second-order valence-corrected chi connectivity index (χ2v) is 4.11. The van der Waals surface area contributed by atoms with Crippen LogP contribution in [-0.2, 0) is 14.4 Å². The first-order chi connectivity index (χ1) is 8.15. The highest BCUT2D eigenvalue weighted by atomic mass is 16.2. The van der Waals surface area contributed by atoms with E-state index < -0.39 is 0 Å². The van der Waals surface area contributed by atoms with E-state index in [2.05, 4.69) is 21.2 Å². The summed E-state index contributed by atoms with van der Waals surface area (Å²) in [7, 11) is 0. The van der Waals surface area contributed by atoms with Crippen molar-refractivity contribution < 1.29 is 14.4 Å². The third-order valence-corrected chi connectivity index (χ3v) is 2.76. The fourth-order valence-corrected chi connectivity index (χ4v) is 1.79. The molecule has 0 saturated carbocycles. The zero-order valence-electron chi connectivity index (χ0n) is 9.28. The molecule has 1 saturated heterocycles. The molecule has 17 heavy (non-hydrogen) atoms. The third-order valence-electron chi connectivity index (χ3n) is 2.76. The van der Waals surface area contributed by atoms with Crippen molar-refractivity contribution in [2.45, 2.75) is 31.7 Å². The molecular formula is C10H14N4O3. The summed E-state index contributed by atoms with van der Waals surface area (Å²) in [5.41, 5.74) is 2.59. The highest BCUT2D eigenvalue weighted by Gasteiger charge is 2.23. The first kappa shape index (κ1) is 11.6. The Bertz CT molecular complexity index is 391. The van der Waals surface area contributed by atoms with Crippen molar-refractivity contribution in [3.63, 3.8) is 0 Å². The van der Waals surface area contributed by atoms with Crippen LogP contribution in [-0.4, -0.2) is 36.0 Å². The van der Waals surface area contributed by atoms with Gasteiger partial charge in [-0.3, -0.25) is 14.4 Å². The zero-order valence-corrected chi connectivity index (χ0v) is 9.28. The minimum absolute atomic E-state index is 0.00484. The van der Waals surface area contributed by atoms with Crippen LogP contribution in [0.4, 0.5) is 0 Å². The molecule has 1 atom stereocenters.